The molecule has 0 saturated carbocycles. The van der Waals surface area contributed by atoms with Crippen molar-refractivity contribution in [3.63, 3.8) is 0 Å². The average molecular weight is 192 g/mol. The highest BCUT2D eigenvalue weighted by atomic mass is 15.2. The monoisotopic (exact) mass is 192 g/mol. The molecule has 0 aliphatic carbocycles. The molecule has 0 amide bonds. The molecule has 1 rings (SSSR count). The smallest absolute Gasteiger partial charge is 0.0169 e. The fourth-order valence-corrected chi connectivity index (χ4v) is 1.76. The van der Waals surface area contributed by atoms with Crippen LogP contribution in [0, 0.1) is 5.92 Å². The number of hydrogen-bond acceptors (Lipinski definition) is 2. The van der Waals surface area contributed by atoms with Gasteiger partial charge in [0.05, 0.1) is 0 Å². The number of benzene rings is 1. The predicted octanol–water partition coefficient (Wildman–Crippen LogP) is 2.28. The molecule has 1 aromatic rings. The van der Waals surface area contributed by atoms with Crippen LogP contribution < -0.4 is 11.3 Å². The Morgan fingerprint density at radius 1 is 1.29 bits per heavy atom. The van der Waals surface area contributed by atoms with Gasteiger partial charge in [-0.2, -0.15) is 0 Å². The van der Waals surface area contributed by atoms with Crippen molar-refractivity contribution in [2.45, 2.75) is 26.2 Å². The summed E-state index contributed by atoms with van der Waals surface area (Å²) < 4.78 is 0. The molecule has 3 N–H and O–H groups in total. The maximum Gasteiger partial charge on any atom is 0.0169 e. The first-order valence-electron chi connectivity index (χ1n) is 5.28. The molecule has 0 aliphatic heterocycles. The molecule has 2 atom stereocenters. The van der Waals surface area contributed by atoms with Gasteiger partial charge in [-0.25, -0.2) is 0 Å². The topological polar surface area (TPSA) is 38.0 Å². The molecular formula is C12H20N2. The first kappa shape index (κ1) is 11.2. The van der Waals surface area contributed by atoms with Gasteiger partial charge < -0.3 is 0 Å². The first-order chi connectivity index (χ1) is 6.79. The highest BCUT2D eigenvalue weighted by Crippen LogP contribution is 2.25. The lowest BCUT2D eigenvalue weighted by Gasteiger charge is -2.22. The number of rotatable bonds is 5. The maximum absolute atomic E-state index is 5.41. The number of hydrogen-bond donors (Lipinski definition) is 2. The lowest BCUT2D eigenvalue weighted by Crippen LogP contribution is -2.30. The summed E-state index contributed by atoms with van der Waals surface area (Å²) in [5.74, 6) is 6.59. The summed E-state index contributed by atoms with van der Waals surface area (Å²) in [6.45, 7) is 5.34. The zero-order valence-corrected chi connectivity index (χ0v) is 9.03. The molecule has 0 fully saturated rings. The maximum atomic E-state index is 5.41. The van der Waals surface area contributed by atoms with E-state index in [-0.39, 0.29) is 0 Å². The fourth-order valence-electron chi connectivity index (χ4n) is 1.76. The van der Waals surface area contributed by atoms with Gasteiger partial charge in [-0.3, -0.25) is 11.3 Å². The van der Waals surface area contributed by atoms with E-state index in [1.165, 1.54) is 12.0 Å². The molecule has 0 spiro atoms. The number of nitrogens with one attached hydrogen (secondary N) is 1. The minimum Gasteiger partial charge on any atom is -0.271 e. The van der Waals surface area contributed by atoms with Gasteiger partial charge in [-0.05, 0) is 11.5 Å². The Bertz CT molecular complexity index is 246. The van der Waals surface area contributed by atoms with Gasteiger partial charge in [0.1, 0.15) is 0 Å². The molecule has 0 saturated heterocycles. The average Bonchev–Trinajstić information content (AvgIpc) is 2.26. The van der Waals surface area contributed by atoms with Crippen molar-refractivity contribution in [2.75, 3.05) is 6.54 Å². The van der Waals surface area contributed by atoms with Crippen molar-refractivity contribution >= 4 is 0 Å². The van der Waals surface area contributed by atoms with Gasteiger partial charge in [-0.1, -0.05) is 50.6 Å². The van der Waals surface area contributed by atoms with Crippen molar-refractivity contribution in [3.05, 3.63) is 35.9 Å². The van der Waals surface area contributed by atoms with Crippen LogP contribution in [0.15, 0.2) is 30.3 Å². The van der Waals surface area contributed by atoms with Crippen molar-refractivity contribution in [2.24, 2.45) is 11.8 Å². The van der Waals surface area contributed by atoms with E-state index in [0.29, 0.717) is 11.8 Å². The van der Waals surface area contributed by atoms with Crippen LogP contribution in [0.3, 0.4) is 0 Å². The van der Waals surface area contributed by atoms with Crippen LogP contribution in [0.5, 0.6) is 0 Å². The number of nitrogens with two attached hydrogens (primary N) is 1. The molecule has 14 heavy (non-hydrogen) atoms. The first-order valence-corrected chi connectivity index (χ1v) is 5.28. The summed E-state index contributed by atoms with van der Waals surface area (Å²) in [6, 6.07) is 10.6. The lowest BCUT2D eigenvalue weighted by atomic mass is 9.86. The third-order valence-corrected chi connectivity index (χ3v) is 2.90. The van der Waals surface area contributed by atoms with E-state index in [2.05, 4.69) is 43.5 Å². The Hall–Kier alpha value is -0.860. The molecule has 0 radical (unpaired) electrons. The number of hydrazine groups is 1. The van der Waals surface area contributed by atoms with Crippen LogP contribution in [0.4, 0.5) is 0 Å². The molecule has 2 nitrogen and oxygen atoms in total. The largest absolute Gasteiger partial charge is 0.271 e. The molecule has 78 valence electrons. The molecule has 0 bridgehead atoms. The zero-order valence-electron chi connectivity index (χ0n) is 9.03. The van der Waals surface area contributed by atoms with Gasteiger partial charge in [0.2, 0.25) is 0 Å². The Kier molecular flexibility index (Phi) is 4.63. The Labute approximate surface area is 86.5 Å². The van der Waals surface area contributed by atoms with E-state index in [1.807, 2.05) is 6.07 Å². The van der Waals surface area contributed by atoms with Crippen LogP contribution in [0.1, 0.15) is 31.7 Å². The van der Waals surface area contributed by atoms with Crippen LogP contribution in [0.2, 0.25) is 0 Å². The second-order valence-corrected chi connectivity index (χ2v) is 3.81. The Balaban J connectivity index is 2.77. The van der Waals surface area contributed by atoms with E-state index < -0.39 is 0 Å². The molecule has 2 heteroatoms. The van der Waals surface area contributed by atoms with Crippen molar-refractivity contribution in [1.82, 2.24) is 5.43 Å². The normalized spacial score (nSPS) is 15.1. The van der Waals surface area contributed by atoms with Crippen molar-refractivity contribution in [3.8, 4) is 0 Å². The predicted molar refractivity (Wildman–Crippen MR) is 60.8 cm³/mol. The fraction of sp³-hybridized carbons (Fsp3) is 0.500. The van der Waals surface area contributed by atoms with E-state index >= 15 is 0 Å². The van der Waals surface area contributed by atoms with E-state index in [4.69, 9.17) is 5.84 Å². The van der Waals surface area contributed by atoms with Gasteiger partial charge in [0.25, 0.3) is 0 Å². The standard InChI is InChI=1S/C12H20N2/c1-3-10(2)12(9-14-13)11-7-5-4-6-8-11/h4-8,10,12,14H,3,9,13H2,1-2H3/t10-,12-/m1/s1. The minimum atomic E-state index is 0.520. The summed E-state index contributed by atoms with van der Waals surface area (Å²) in [4.78, 5) is 0. The third kappa shape index (κ3) is 2.82. The highest BCUT2D eigenvalue weighted by molar-refractivity contribution is 5.20. The summed E-state index contributed by atoms with van der Waals surface area (Å²) >= 11 is 0. The van der Waals surface area contributed by atoms with Gasteiger partial charge in [0, 0.05) is 12.5 Å². The highest BCUT2D eigenvalue weighted by Gasteiger charge is 2.16. The van der Waals surface area contributed by atoms with Crippen LogP contribution >= 0.6 is 0 Å². The SMILES string of the molecule is CC[C@@H](C)[C@@H](CNN)c1ccccc1. The molecule has 0 heterocycles. The lowest BCUT2D eigenvalue weighted by molar-refractivity contribution is 0.424. The second kappa shape index (κ2) is 5.78. The minimum absolute atomic E-state index is 0.520. The summed E-state index contributed by atoms with van der Waals surface area (Å²) in [6.07, 6.45) is 1.18. The Morgan fingerprint density at radius 2 is 1.93 bits per heavy atom. The quantitative estimate of drug-likeness (QED) is 0.555. The van der Waals surface area contributed by atoms with Crippen LogP contribution in [-0.2, 0) is 0 Å². The molecule has 0 aromatic heterocycles. The molecular weight excluding hydrogens is 172 g/mol. The van der Waals surface area contributed by atoms with Crippen LogP contribution in [-0.4, -0.2) is 6.54 Å². The zero-order chi connectivity index (χ0) is 10.4. The second-order valence-electron chi connectivity index (χ2n) is 3.81. The molecule has 0 unspecified atom stereocenters. The molecule has 0 aliphatic rings. The van der Waals surface area contributed by atoms with Gasteiger partial charge in [-0.15, -0.1) is 0 Å². The van der Waals surface area contributed by atoms with Gasteiger partial charge >= 0.3 is 0 Å². The van der Waals surface area contributed by atoms with Crippen molar-refractivity contribution < 1.29 is 0 Å². The summed E-state index contributed by atoms with van der Waals surface area (Å²) in [7, 11) is 0. The summed E-state index contributed by atoms with van der Waals surface area (Å²) in [5, 5.41) is 0. The van der Waals surface area contributed by atoms with Crippen molar-refractivity contribution in [1.29, 1.82) is 0 Å². The Morgan fingerprint density at radius 3 is 2.43 bits per heavy atom. The van der Waals surface area contributed by atoms with E-state index in [0.717, 1.165) is 6.54 Å². The third-order valence-electron chi connectivity index (χ3n) is 2.90. The van der Waals surface area contributed by atoms with E-state index in [9.17, 15) is 0 Å². The molecule has 1 aromatic carbocycles. The van der Waals surface area contributed by atoms with Gasteiger partial charge in [0.15, 0.2) is 0 Å². The summed E-state index contributed by atoms with van der Waals surface area (Å²) in [5.41, 5.74) is 4.16. The van der Waals surface area contributed by atoms with E-state index in [1.54, 1.807) is 0 Å². The van der Waals surface area contributed by atoms with Crippen LogP contribution in [0.25, 0.3) is 0 Å².